The van der Waals surface area contributed by atoms with Crippen molar-refractivity contribution in [1.82, 2.24) is 0 Å². The molecule has 1 aromatic rings. The van der Waals surface area contributed by atoms with Gasteiger partial charge in [0.1, 0.15) is 5.82 Å². The van der Waals surface area contributed by atoms with Crippen LogP contribution in [0.4, 0.5) is 10.1 Å². The average Bonchev–Trinajstić information content (AvgIpc) is 2.34. The Bertz CT molecular complexity index is 411. The number of hydrogen-bond donors (Lipinski definition) is 2. The summed E-state index contributed by atoms with van der Waals surface area (Å²) in [5.41, 5.74) is 0.149. The quantitative estimate of drug-likeness (QED) is 0.776. The van der Waals surface area contributed by atoms with Crippen molar-refractivity contribution in [2.24, 2.45) is 0 Å². The van der Waals surface area contributed by atoms with Crippen molar-refractivity contribution >= 4 is 11.7 Å². The molecule has 1 unspecified atom stereocenters. The molecule has 0 aromatic heterocycles. The van der Waals surface area contributed by atoms with Crippen LogP contribution in [0.25, 0.3) is 0 Å². The summed E-state index contributed by atoms with van der Waals surface area (Å²) in [6, 6.07) is 3.87. The number of carbonyl (C=O) groups is 1. The van der Waals surface area contributed by atoms with E-state index in [1.54, 1.807) is 14.2 Å². The van der Waals surface area contributed by atoms with Crippen LogP contribution in [-0.2, 0) is 9.47 Å². The first-order valence-electron chi connectivity index (χ1n) is 5.37. The number of methoxy groups -OCH3 is 2. The molecule has 0 radical (unpaired) electrons. The van der Waals surface area contributed by atoms with Crippen LogP contribution in [0.15, 0.2) is 18.2 Å². The van der Waals surface area contributed by atoms with Crippen LogP contribution >= 0.6 is 0 Å². The van der Waals surface area contributed by atoms with Gasteiger partial charge in [-0.3, -0.25) is 0 Å². The molecule has 18 heavy (non-hydrogen) atoms. The second-order valence-electron chi connectivity index (χ2n) is 3.69. The number of nitrogens with one attached hydrogen (secondary N) is 1. The summed E-state index contributed by atoms with van der Waals surface area (Å²) < 4.78 is 23.4. The number of aromatic carboxylic acids is 1. The van der Waals surface area contributed by atoms with Crippen molar-refractivity contribution in [1.29, 1.82) is 0 Å². The zero-order valence-corrected chi connectivity index (χ0v) is 10.3. The van der Waals surface area contributed by atoms with Crippen molar-refractivity contribution in [3.8, 4) is 0 Å². The summed E-state index contributed by atoms with van der Waals surface area (Å²) in [7, 11) is 3.12. The zero-order valence-electron chi connectivity index (χ0n) is 10.3. The highest BCUT2D eigenvalue weighted by molar-refractivity contribution is 5.88. The van der Waals surface area contributed by atoms with Gasteiger partial charge >= 0.3 is 5.97 Å². The molecule has 100 valence electrons. The van der Waals surface area contributed by atoms with Crippen LogP contribution in [0, 0.1) is 5.82 Å². The van der Waals surface area contributed by atoms with Crippen molar-refractivity contribution in [3.63, 3.8) is 0 Å². The van der Waals surface area contributed by atoms with Gasteiger partial charge in [-0.2, -0.15) is 0 Å². The summed E-state index contributed by atoms with van der Waals surface area (Å²) >= 11 is 0. The molecule has 0 spiro atoms. The number of hydrogen-bond acceptors (Lipinski definition) is 4. The zero-order chi connectivity index (χ0) is 13.5. The fourth-order valence-electron chi connectivity index (χ4n) is 1.43. The van der Waals surface area contributed by atoms with Gasteiger partial charge in [0.25, 0.3) is 0 Å². The average molecular weight is 257 g/mol. The first-order valence-corrected chi connectivity index (χ1v) is 5.37. The van der Waals surface area contributed by atoms with Crippen LogP contribution < -0.4 is 5.32 Å². The minimum absolute atomic E-state index is 0.155. The van der Waals surface area contributed by atoms with Crippen LogP contribution in [0.5, 0.6) is 0 Å². The minimum atomic E-state index is -1.28. The third-order valence-corrected chi connectivity index (χ3v) is 2.42. The molecule has 0 aliphatic heterocycles. The van der Waals surface area contributed by atoms with Gasteiger partial charge in [0.15, 0.2) is 0 Å². The van der Waals surface area contributed by atoms with Gasteiger partial charge in [0.2, 0.25) is 0 Å². The van der Waals surface area contributed by atoms with E-state index in [-0.39, 0.29) is 11.7 Å². The van der Waals surface area contributed by atoms with E-state index in [4.69, 9.17) is 14.6 Å². The predicted octanol–water partition coefficient (Wildman–Crippen LogP) is 1.60. The molecule has 0 amide bonds. The van der Waals surface area contributed by atoms with Gasteiger partial charge in [-0.15, -0.1) is 0 Å². The molecule has 2 N–H and O–H groups in total. The molecular weight excluding hydrogens is 241 g/mol. The fourth-order valence-corrected chi connectivity index (χ4v) is 1.43. The Kier molecular flexibility index (Phi) is 5.54. The maximum atomic E-state index is 13.4. The van der Waals surface area contributed by atoms with Crippen LogP contribution in [0.3, 0.4) is 0 Å². The maximum absolute atomic E-state index is 13.4. The first kappa shape index (κ1) is 14.4. The van der Waals surface area contributed by atoms with Crippen LogP contribution in [0.1, 0.15) is 10.4 Å². The largest absolute Gasteiger partial charge is 0.478 e. The van der Waals surface area contributed by atoms with E-state index in [1.165, 1.54) is 12.1 Å². The molecule has 0 aliphatic carbocycles. The van der Waals surface area contributed by atoms with E-state index in [0.717, 1.165) is 6.07 Å². The summed E-state index contributed by atoms with van der Waals surface area (Å²) in [4.78, 5) is 10.6. The number of halogens is 1. The highest BCUT2D eigenvalue weighted by Crippen LogP contribution is 2.14. The van der Waals surface area contributed by atoms with E-state index >= 15 is 0 Å². The molecular formula is C12H16FNO4. The first-order chi connectivity index (χ1) is 8.58. The second-order valence-corrected chi connectivity index (χ2v) is 3.69. The van der Waals surface area contributed by atoms with Gasteiger partial charge in [-0.1, -0.05) is 0 Å². The highest BCUT2D eigenvalue weighted by Gasteiger charge is 2.11. The Labute approximate surface area is 105 Å². The van der Waals surface area contributed by atoms with Crippen molar-refractivity contribution in [2.75, 3.05) is 32.7 Å². The standard InChI is InChI=1S/C12H16FNO4/c1-17-7-9(18-2)6-14-8-3-4-10(12(15)16)11(13)5-8/h3-5,9,14H,6-7H2,1-2H3,(H,15,16). The van der Waals surface area contributed by atoms with E-state index in [0.29, 0.717) is 18.8 Å². The Morgan fingerprint density at radius 2 is 2.22 bits per heavy atom. The maximum Gasteiger partial charge on any atom is 0.338 e. The van der Waals surface area contributed by atoms with Gasteiger partial charge in [0, 0.05) is 26.5 Å². The van der Waals surface area contributed by atoms with Crippen LogP contribution in [0.2, 0.25) is 0 Å². The number of carboxylic acids is 1. The molecule has 0 heterocycles. The third-order valence-electron chi connectivity index (χ3n) is 2.42. The van der Waals surface area contributed by atoms with Crippen LogP contribution in [-0.4, -0.2) is 44.6 Å². The Balaban J connectivity index is 2.63. The lowest BCUT2D eigenvalue weighted by atomic mass is 10.2. The highest BCUT2D eigenvalue weighted by atomic mass is 19.1. The molecule has 0 fully saturated rings. The fraction of sp³-hybridized carbons (Fsp3) is 0.417. The lowest BCUT2D eigenvalue weighted by Gasteiger charge is -2.16. The molecule has 5 nitrogen and oxygen atoms in total. The predicted molar refractivity (Wildman–Crippen MR) is 64.5 cm³/mol. The summed E-state index contributed by atoms with van der Waals surface area (Å²) in [5, 5.41) is 11.6. The molecule has 0 saturated heterocycles. The van der Waals surface area contributed by atoms with Crippen molar-refractivity contribution in [3.05, 3.63) is 29.6 Å². The molecule has 1 aromatic carbocycles. The lowest BCUT2D eigenvalue weighted by molar-refractivity contribution is 0.0365. The SMILES string of the molecule is COCC(CNc1ccc(C(=O)O)c(F)c1)OC. The Morgan fingerprint density at radius 3 is 2.72 bits per heavy atom. The number of carboxylic acid groups (broad SMARTS) is 1. The molecule has 1 rings (SSSR count). The molecule has 0 saturated carbocycles. The summed E-state index contributed by atoms with van der Waals surface area (Å²) in [5.74, 6) is -2.05. The lowest BCUT2D eigenvalue weighted by Crippen LogP contribution is -2.26. The number of rotatable bonds is 7. The van der Waals surface area contributed by atoms with Gasteiger partial charge in [0.05, 0.1) is 18.3 Å². The van der Waals surface area contributed by atoms with Gasteiger partial charge in [-0.05, 0) is 18.2 Å². The van der Waals surface area contributed by atoms with Crippen molar-refractivity contribution < 1.29 is 23.8 Å². The molecule has 1 atom stereocenters. The summed E-state index contributed by atoms with van der Waals surface area (Å²) in [6.45, 7) is 0.857. The Hall–Kier alpha value is -1.66. The number of benzene rings is 1. The van der Waals surface area contributed by atoms with Crippen molar-refractivity contribution in [2.45, 2.75) is 6.10 Å². The minimum Gasteiger partial charge on any atom is -0.478 e. The summed E-state index contributed by atoms with van der Waals surface area (Å²) in [6.07, 6.45) is -0.155. The number of ether oxygens (including phenoxy) is 2. The molecule has 0 aliphatic rings. The second kappa shape index (κ2) is 6.93. The monoisotopic (exact) mass is 257 g/mol. The Morgan fingerprint density at radius 1 is 1.50 bits per heavy atom. The van der Waals surface area contributed by atoms with E-state index in [2.05, 4.69) is 5.32 Å². The number of anilines is 1. The van der Waals surface area contributed by atoms with Gasteiger partial charge in [-0.25, -0.2) is 9.18 Å². The topological polar surface area (TPSA) is 67.8 Å². The van der Waals surface area contributed by atoms with E-state index < -0.39 is 11.8 Å². The normalized spacial score (nSPS) is 12.2. The van der Waals surface area contributed by atoms with E-state index in [1.807, 2.05) is 0 Å². The van der Waals surface area contributed by atoms with E-state index in [9.17, 15) is 9.18 Å². The third kappa shape index (κ3) is 3.97. The van der Waals surface area contributed by atoms with Gasteiger partial charge < -0.3 is 19.9 Å². The molecule has 6 heteroatoms. The molecule has 0 bridgehead atoms. The smallest absolute Gasteiger partial charge is 0.338 e.